The van der Waals surface area contributed by atoms with Gasteiger partial charge >= 0.3 is 12.4 Å². The van der Waals surface area contributed by atoms with Crippen LogP contribution in [0.4, 0.5) is 47.9 Å². The molecule has 2 N–H and O–H groups in total. The monoisotopic (exact) mass is 647 g/mol. The lowest BCUT2D eigenvalue weighted by atomic mass is 9.99. The number of halogens is 7. The Bertz CT molecular complexity index is 1610. The van der Waals surface area contributed by atoms with Crippen LogP contribution in [0.15, 0.2) is 54.6 Å². The molecule has 0 spiro atoms. The molecule has 1 aliphatic heterocycles. The van der Waals surface area contributed by atoms with Crippen molar-refractivity contribution in [1.82, 2.24) is 10.3 Å². The molecule has 1 unspecified atom stereocenters. The zero-order chi connectivity index (χ0) is 32.4. The lowest BCUT2D eigenvalue weighted by Gasteiger charge is -2.37. The zero-order valence-corrected chi connectivity index (χ0v) is 24.2. The van der Waals surface area contributed by atoms with E-state index in [0.717, 1.165) is 30.5 Å². The first-order valence-corrected chi connectivity index (χ1v) is 15.1. The molecule has 238 valence electrons. The van der Waals surface area contributed by atoms with Crippen molar-refractivity contribution in [3.8, 4) is 0 Å². The SMILES string of the molecule is CC(C(=O)NCc1ccc(C(F)(F)F)nc1N1CCN(c2ccc(C(F)(F)F)cc2)CC1)c1ccc(NS(C)(=O)=O)c(F)c1. The van der Waals surface area contributed by atoms with Crippen molar-refractivity contribution in [3.63, 3.8) is 0 Å². The number of hydrogen-bond acceptors (Lipinski definition) is 6. The number of nitrogens with zero attached hydrogens (tertiary/aromatic N) is 3. The quantitative estimate of drug-likeness (QED) is 0.319. The van der Waals surface area contributed by atoms with Gasteiger partial charge in [-0.1, -0.05) is 12.1 Å². The Hall–Kier alpha value is -4.08. The van der Waals surface area contributed by atoms with Crippen LogP contribution >= 0.6 is 0 Å². The van der Waals surface area contributed by atoms with Crippen molar-refractivity contribution in [2.24, 2.45) is 0 Å². The summed E-state index contributed by atoms with van der Waals surface area (Å²) >= 11 is 0. The summed E-state index contributed by atoms with van der Waals surface area (Å²) in [5.74, 6) is -2.35. The molecule has 2 heterocycles. The molecule has 1 fully saturated rings. The summed E-state index contributed by atoms with van der Waals surface area (Å²) in [7, 11) is -3.73. The van der Waals surface area contributed by atoms with Crippen molar-refractivity contribution in [2.45, 2.75) is 31.7 Å². The largest absolute Gasteiger partial charge is 0.433 e. The molecule has 0 aliphatic carbocycles. The van der Waals surface area contributed by atoms with Crippen molar-refractivity contribution in [1.29, 1.82) is 0 Å². The highest BCUT2D eigenvalue weighted by atomic mass is 32.2. The Kier molecular flexibility index (Phi) is 9.32. The van der Waals surface area contributed by atoms with Crippen molar-refractivity contribution < 1.29 is 43.9 Å². The Labute approximate surface area is 248 Å². The second-order valence-corrected chi connectivity index (χ2v) is 12.0. The zero-order valence-electron chi connectivity index (χ0n) is 23.4. The molecule has 2 aromatic carbocycles. The number of carbonyl (C=O) groups excluding carboxylic acids is 1. The minimum absolute atomic E-state index is 0.00194. The van der Waals surface area contributed by atoms with Gasteiger partial charge in [0.2, 0.25) is 15.9 Å². The molecule has 0 bridgehead atoms. The summed E-state index contributed by atoms with van der Waals surface area (Å²) in [6, 6.07) is 10.2. The van der Waals surface area contributed by atoms with Gasteiger partial charge in [0.15, 0.2) is 0 Å². The van der Waals surface area contributed by atoms with Crippen LogP contribution in [-0.4, -0.2) is 51.7 Å². The minimum Gasteiger partial charge on any atom is -0.368 e. The van der Waals surface area contributed by atoms with E-state index >= 15 is 0 Å². The van der Waals surface area contributed by atoms with Crippen molar-refractivity contribution in [2.75, 3.05) is 47.0 Å². The third-order valence-electron chi connectivity index (χ3n) is 7.02. The van der Waals surface area contributed by atoms with Crippen LogP contribution in [0.1, 0.15) is 35.2 Å². The van der Waals surface area contributed by atoms with Gasteiger partial charge in [-0.15, -0.1) is 0 Å². The first-order valence-electron chi connectivity index (χ1n) is 13.2. The van der Waals surface area contributed by atoms with E-state index in [1.165, 1.54) is 37.3 Å². The van der Waals surface area contributed by atoms with Gasteiger partial charge in [-0.05, 0) is 55.0 Å². The van der Waals surface area contributed by atoms with Crippen LogP contribution in [0.25, 0.3) is 0 Å². The molecule has 4 rings (SSSR count). The van der Waals surface area contributed by atoms with E-state index < -0.39 is 51.3 Å². The number of alkyl halides is 6. The summed E-state index contributed by atoms with van der Waals surface area (Å²) in [6.07, 6.45) is -8.34. The maximum Gasteiger partial charge on any atom is 0.433 e. The normalized spacial score (nSPS) is 15.2. The maximum atomic E-state index is 14.4. The van der Waals surface area contributed by atoms with Gasteiger partial charge in [0.05, 0.1) is 23.4 Å². The van der Waals surface area contributed by atoms with E-state index in [2.05, 4.69) is 10.3 Å². The van der Waals surface area contributed by atoms with Gasteiger partial charge in [0, 0.05) is 44.0 Å². The van der Waals surface area contributed by atoms with Gasteiger partial charge in [-0.25, -0.2) is 17.8 Å². The van der Waals surface area contributed by atoms with Crippen LogP contribution < -0.4 is 19.8 Å². The fourth-order valence-electron chi connectivity index (χ4n) is 4.65. The number of anilines is 3. The smallest absolute Gasteiger partial charge is 0.368 e. The predicted molar refractivity (Wildman–Crippen MR) is 150 cm³/mol. The number of pyridine rings is 1. The van der Waals surface area contributed by atoms with Gasteiger partial charge < -0.3 is 15.1 Å². The first-order chi connectivity index (χ1) is 20.4. The van der Waals surface area contributed by atoms with E-state index in [1.807, 2.05) is 9.62 Å². The summed E-state index contributed by atoms with van der Waals surface area (Å²) in [6.45, 7) is 2.29. The van der Waals surface area contributed by atoms with Crippen molar-refractivity contribution in [3.05, 3.63) is 82.8 Å². The first kappa shape index (κ1) is 32.8. The standard InChI is InChI=1S/C28H28F7N5O3S/c1-17(18-3-9-23(22(29)15-18)38-44(2,42)43)26(41)36-16-19-4-10-24(28(33,34)35)37-25(19)40-13-11-39(12-14-40)21-7-5-20(6-8-21)27(30,31)32/h3-10,15,17,38H,11-14,16H2,1-2H3,(H,36,41). The van der Waals surface area contributed by atoms with E-state index in [1.54, 1.807) is 4.90 Å². The second kappa shape index (κ2) is 12.5. The Morgan fingerprint density at radius 3 is 2.07 bits per heavy atom. The molecular weight excluding hydrogens is 619 g/mol. The molecule has 3 aromatic rings. The molecule has 1 aliphatic rings. The minimum atomic E-state index is -4.73. The molecule has 8 nitrogen and oxygen atoms in total. The molecule has 0 saturated carbocycles. The third-order valence-corrected chi connectivity index (χ3v) is 7.61. The predicted octanol–water partition coefficient (Wildman–Crippen LogP) is 5.38. The average molecular weight is 648 g/mol. The topological polar surface area (TPSA) is 94.6 Å². The number of carbonyl (C=O) groups is 1. The number of piperazine rings is 1. The number of hydrogen-bond donors (Lipinski definition) is 2. The molecular formula is C28H28F7N5O3S. The molecule has 1 atom stereocenters. The van der Waals surface area contributed by atoms with E-state index in [0.29, 0.717) is 24.3 Å². The lowest BCUT2D eigenvalue weighted by Crippen LogP contribution is -2.47. The molecule has 0 radical (unpaired) electrons. The molecule has 1 amide bonds. The van der Waals surface area contributed by atoms with E-state index in [-0.39, 0.29) is 36.7 Å². The lowest BCUT2D eigenvalue weighted by molar-refractivity contribution is -0.141. The molecule has 1 aromatic heterocycles. The third kappa shape index (κ3) is 8.09. The Balaban J connectivity index is 1.47. The number of sulfonamides is 1. The van der Waals surface area contributed by atoms with Crippen LogP contribution in [-0.2, 0) is 33.7 Å². The summed E-state index contributed by atoms with van der Waals surface area (Å²) in [5, 5.41) is 2.64. The average Bonchev–Trinajstić information content (AvgIpc) is 2.95. The van der Waals surface area contributed by atoms with Gasteiger partial charge in [0.25, 0.3) is 0 Å². The summed E-state index contributed by atoms with van der Waals surface area (Å²) < 4.78 is 119. The van der Waals surface area contributed by atoms with Crippen LogP contribution in [0.5, 0.6) is 0 Å². The van der Waals surface area contributed by atoms with E-state index in [9.17, 15) is 43.9 Å². The number of benzene rings is 2. The Morgan fingerprint density at radius 1 is 0.909 bits per heavy atom. The maximum absolute atomic E-state index is 14.4. The fraction of sp³-hybridized carbons (Fsp3) is 0.357. The van der Waals surface area contributed by atoms with Crippen LogP contribution in [0.3, 0.4) is 0 Å². The highest BCUT2D eigenvalue weighted by Crippen LogP contribution is 2.33. The van der Waals surface area contributed by atoms with Crippen LogP contribution in [0, 0.1) is 5.82 Å². The molecule has 44 heavy (non-hydrogen) atoms. The summed E-state index contributed by atoms with van der Waals surface area (Å²) in [5.41, 5.74) is -1.14. The Morgan fingerprint density at radius 2 is 1.52 bits per heavy atom. The second-order valence-electron chi connectivity index (χ2n) is 10.2. The van der Waals surface area contributed by atoms with Crippen molar-refractivity contribution >= 4 is 33.1 Å². The molecule has 16 heteroatoms. The number of rotatable bonds is 8. The van der Waals surface area contributed by atoms with Gasteiger partial charge in [0.1, 0.15) is 17.3 Å². The van der Waals surface area contributed by atoms with Gasteiger partial charge in [-0.3, -0.25) is 9.52 Å². The highest BCUT2D eigenvalue weighted by Gasteiger charge is 2.34. The number of aromatic nitrogens is 1. The number of amides is 1. The fourth-order valence-corrected chi connectivity index (χ4v) is 5.22. The van der Waals surface area contributed by atoms with Gasteiger partial charge in [-0.2, -0.15) is 26.3 Å². The number of nitrogens with one attached hydrogen (secondary N) is 2. The highest BCUT2D eigenvalue weighted by molar-refractivity contribution is 7.92. The van der Waals surface area contributed by atoms with E-state index in [4.69, 9.17) is 0 Å². The molecule has 1 saturated heterocycles. The summed E-state index contributed by atoms with van der Waals surface area (Å²) in [4.78, 5) is 20.2. The van der Waals surface area contributed by atoms with Crippen LogP contribution in [0.2, 0.25) is 0 Å².